The van der Waals surface area contributed by atoms with Crippen molar-refractivity contribution in [2.75, 3.05) is 7.05 Å². The van der Waals surface area contributed by atoms with Crippen molar-refractivity contribution in [3.63, 3.8) is 0 Å². The largest absolute Gasteiger partial charge is 0.339 e. The van der Waals surface area contributed by atoms with Gasteiger partial charge < -0.3 is 5.32 Å². The Morgan fingerprint density at radius 2 is 2.20 bits per heavy atom. The first-order chi connectivity index (χ1) is 9.51. The van der Waals surface area contributed by atoms with Crippen molar-refractivity contribution in [2.45, 2.75) is 16.6 Å². The topological polar surface area (TPSA) is 79.8 Å². The maximum absolute atomic E-state index is 11.3. The number of nitrogens with zero attached hydrogens (tertiary/aromatic N) is 2. The fourth-order valence-electron chi connectivity index (χ4n) is 1.58. The number of halogens is 1. The smallest absolute Gasteiger partial charge is 0.316 e. The summed E-state index contributed by atoms with van der Waals surface area (Å²) in [5.41, 5.74) is -0.551. The Morgan fingerprint density at radius 1 is 1.45 bits per heavy atom. The van der Waals surface area contributed by atoms with Gasteiger partial charge in [0.1, 0.15) is 0 Å². The molecule has 0 aliphatic heterocycles. The van der Waals surface area contributed by atoms with Gasteiger partial charge in [-0.15, -0.1) is 0 Å². The lowest BCUT2D eigenvalue weighted by Crippen LogP contribution is -2.33. The van der Waals surface area contributed by atoms with Crippen LogP contribution in [0.5, 0.6) is 0 Å². The molecule has 106 valence electrons. The molecule has 20 heavy (non-hydrogen) atoms. The van der Waals surface area contributed by atoms with E-state index in [2.05, 4.69) is 15.4 Å². The standard InChI is InChI=1S/C12H13ClN4O2S/c1-14-6-7-3-4-8(5-9(7)13)20-12-15-10(18)11(19)16-17(12)2/h3-5,14H,6H2,1-2H3,(H,16,19). The molecule has 8 heteroatoms. The second-order valence-corrected chi connectivity index (χ2v) is 5.53. The van der Waals surface area contributed by atoms with Gasteiger partial charge >= 0.3 is 11.1 Å². The quantitative estimate of drug-likeness (QED) is 0.823. The van der Waals surface area contributed by atoms with E-state index in [9.17, 15) is 9.59 Å². The fraction of sp³-hybridized carbons (Fsp3) is 0.250. The van der Waals surface area contributed by atoms with E-state index in [0.29, 0.717) is 16.7 Å². The number of rotatable bonds is 4. The molecule has 0 spiro atoms. The molecule has 2 aromatic rings. The van der Waals surface area contributed by atoms with Crippen LogP contribution in [0.4, 0.5) is 0 Å². The lowest BCUT2D eigenvalue weighted by molar-refractivity contribution is 0.596. The molecule has 2 rings (SSSR count). The van der Waals surface area contributed by atoms with Crippen LogP contribution in [-0.4, -0.2) is 21.8 Å². The summed E-state index contributed by atoms with van der Waals surface area (Å²) in [4.78, 5) is 27.0. The molecule has 1 aromatic carbocycles. The number of aromatic nitrogens is 3. The van der Waals surface area contributed by atoms with Crippen molar-refractivity contribution < 1.29 is 0 Å². The highest BCUT2D eigenvalue weighted by Crippen LogP contribution is 2.28. The van der Waals surface area contributed by atoms with Crippen molar-refractivity contribution in [1.29, 1.82) is 0 Å². The minimum absolute atomic E-state index is 0.395. The number of aryl methyl sites for hydroxylation is 1. The van der Waals surface area contributed by atoms with E-state index < -0.39 is 11.1 Å². The molecular weight excluding hydrogens is 300 g/mol. The molecule has 0 radical (unpaired) electrons. The third-order valence-electron chi connectivity index (χ3n) is 2.55. The van der Waals surface area contributed by atoms with E-state index in [0.717, 1.165) is 10.5 Å². The van der Waals surface area contributed by atoms with E-state index >= 15 is 0 Å². The Balaban J connectivity index is 2.31. The van der Waals surface area contributed by atoms with E-state index in [1.165, 1.54) is 16.4 Å². The SMILES string of the molecule is CNCc1ccc(Sc2nc(=O)c(=O)[nH]n2C)cc1Cl. The van der Waals surface area contributed by atoms with Gasteiger partial charge in [0, 0.05) is 23.5 Å². The summed E-state index contributed by atoms with van der Waals surface area (Å²) in [5.74, 6) is 0. The van der Waals surface area contributed by atoms with Gasteiger partial charge in [0.2, 0.25) is 0 Å². The Hall–Kier alpha value is -1.57. The molecule has 0 aliphatic rings. The van der Waals surface area contributed by atoms with Gasteiger partial charge in [-0.1, -0.05) is 29.4 Å². The Bertz CT molecular complexity index is 741. The van der Waals surface area contributed by atoms with Crippen molar-refractivity contribution in [1.82, 2.24) is 20.1 Å². The minimum atomic E-state index is -0.802. The average molecular weight is 313 g/mol. The van der Waals surface area contributed by atoms with Crippen LogP contribution in [0.3, 0.4) is 0 Å². The monoisotopic (exact) mass is 312 g/mol. The van der Waals surface area contributed by atoms with Crippen molar-refractivity contribution >= 4 is 23.4 Å². The van der Waals surface area contributed by atoms with E-state index in [1.54, 1.807) is 13.1 Å². The summed E-state index contributed by atoms with van der Waals surface area (Å²) < 4.78 is 1.41. The summed E-state index contributed by atoms with van der Waals surface area (Å²) in [6, 6.07) is 5.60. The van der Waals surface area contributed by atoms with E-state index in [4.69, 9.17) is 11.6 Å². The Labute approximate surface area is 124 Å². The molecule has 0 saturated carbocycles. The van der Waals surface area contributed by atoms with E-state index in [-0.39, 0.29) is 0 Å². The highest BCUT2D eigenvalue weighted by Gasteiger charge is 2.08. The number of hydrogen-bond donors (Lipinski definition) is 2. The van der Waals surface area contributed by atoms with Gasteiger partial charge in [0.25, 0.3) is 0 Å². The van der Waals surface area contributed by atoms with Crippen LogP contribution in [0.15, 0.2) is 37.8 Å². The maximum atomic E-state index is 11.3. The summed E-state index contributed by atoms with van der Waals surface area (Å²) in [6.45, 7) is 0.680. The molecule has 6 nitrogen and oxygen atoms in total. The van der Waals surface area contributed by atoms with Gasteiger partial charge in [-0.25, -0.2) is 0 Å². The third kappa shape index (κ3) is 3.30. The number of aromatic amines is 1. The highest BCUT2D eigenvalue weighted by molar-refractivity contribution is 7.99. The van der Waals surface area contributed by atoms with Crippen LogP contribution >= 0.6 is 23.4 Å². The Morgan fingerprint density at radius 3 is 2.85 bits per heavy atom. The van der Waals surface area contributed by atoms with Gasteiger partial charge in [0.15, 0.2) is 5.16 Å². The normalized spacial score (nSPS) is 10.8. The number of nitrogens with one attached hydrogen (secondary N) is 2. The minimum Gasteiger partial charge on any atom is -0.316 e. The lowest BCUT2D eigenvalue weighted by atomic mass is 10.2. The number of benzene rings is 1. The summed E-state index contributed by atoms with van der Waals surface area (Å²) in [6.07, 6.45) is 0. The van der Waals surface area contributed by atoms with Crippen molar-refractivity contribution in [3.05, 3.63) is 49.5 Å². The average Bonchev–Trinajstić information content (AvgIpc) is 2.39. The first-order valence-corrected chi connectivity index (χ1v) is 6.99. The summed E-state index contributed by atoms with van der Waals surface area (Å²) >= 11 is 7.43. The molecular formula is C12H13ClN4O2S. The maximum Gasteiger partial charge on any atom is 0.339 e. The second-order valence-electron chi connectivity index (χ2n) is 4.09. The number of H-pyrrole nitrogens is 1. The van der Waals surface area contributed by atoms with Crippen LogP contribution in [0.2, 0.25) is 5.02 Å². The summed E-state index contributed by atoms with van der Waals surface area (Å²) in [7, 11) is 3.46. The van der Waals surface area contributed by atoms with Gasteiger partial charge in [-0.3, -0.25) is 19.4 Å². The van der Waals surface area contributed by atoms with Crippen LogP contribution in [-0.2, 0) is 13.6 Å². The summed E-state index contributed by atoms with van der Waals surface area (Å²) in [5, 5.41) is 6.46. The highest BCUT2D eigenvalue weighted by atomic mass is 35.5. The number of hydrogen-bond acceptors (Lipinski definition) is 5. The zero-order valence-electron chi connectivity index (χ0n) is 10.9. The Kier molecular flexibility index (Phi) is 4.64. The molecule has 0 bridgehead atoms. The molecule has 0 fully saturated rings. The first-order valence-electron chi connectivity index (χ1n) is 5.79. The van der Waals surface area contributed by atoms with E-state index in [1.807, 2.05) is 19.2 Å². The van der Waals surface area contributed by atoms with Gasteiger partial charge in [-0.05, 0) is 24.7 Å². The molecule has 1 aromatic heterocycles. The van der Waals surface area contributed by atoms with Crippen LogP contribution in [0.1, 0.15) is 5.56 Å². The van der Waals surface area contributed by atoms with Crippen LogP contribution in [0.25, 0.3) is 0 Å². The van der Waals surface area contributed by atoms with Crippen LogP contribution < -0.4 is 16.4 Å². The van der Waals surface area contributed by atoms with Gasteiger partial charge in [0.05, 0.1) is 0 Å². The molecule has 0 amide bonds. The second kappa shape index (κ2) is 6.25. The molecule has 0 unspecified atom stereocenters. The molecule has 2 N–H and O–H groups in total. The molecule has 1 heterocycles. The zero-order chi connectivity index (χ0) is 14.7. The first kappa shape index (κ1) is 14.8. The molecule has 0 saturated heterocycles. The lowest BCUT2D eigenvalue weighted by Gasteiger charge is -2.08. The molecule has 0 atom stereocenters. The third-order valence-corrected chi connectivity index (χ3v) is 3.94. The predicted molar refractivity (Wildman–Crippen MR) is 78.4 cm³/mol. The van der Waals surface area contributed by atoms with Gasteiger partial charge in [-0.2, -0.15) is 4.98 Å². The van der Waals surface area contributed by atoms with Crippen LogP contribution in [0, 0.1) is 0 Å². The van der Waals surface area contributed by atoms with Crippen molar-refractivity contribution in [3.8, 4) is 0 Å². The molecule has 0 aliphatic carbocycles. The fourth-order valence-corrected chi connectivity index (χ4v) is 2.73. The zero-order valence-corrected chi connectivity index (χ0v) is 12.5. The predicted octanol–water partition coefficient (Wildman–Crippen LogP) is 0.993. The van der Waals surface area contributed by atoms with Crippen molar-refractivity contribution in [2.24, 2.45) is 7.05 Å².